The number of nitrogens with one attached hydrogen (secondary N) is 1. The van der Waals surface area contributed by atoms with Crippen LogP contribution in [-0.4, -0.2) is 17.0 Å². The van der Waals surface area contributed by atoms with Crippen molar-refractivity contribution in [3.8, 4) is 0 Å². The Morgan fingerprint density at radius 3 is 2.75 bits per heavy atom. The van der Waals surface area contributed by atoms with Crippen LogP contribution >= 0.6 is 0 Å². The predicted molar refractivity (Wildman–Crippen MR) is 50.0 cm³/mol. The third-order valence-electron chi connectivity index (χ3n) is 2.41. The largest absolute Gasteiger partial charge is 0.481 e. The Bertz CT molecular complexity index is 487. The average molecular weight is 227 g/mol. The van der Waals surface area contributed by atoms with Crippen LogP contribution in [0.5, 0.6) is 0 Å². The molecule has 4 nitrogen and oxygen atoms in total. The molecule has 0 fully saturated rings. The summed E-state index contributed by atoms with van der Waals surface area (Å²) in [4.78, 5) is 22.0. The maximum Gasteiger partial charge on any atom is 0.311 e. The van der Waals surface area contributed by atoms with Gasteiger partial charge in [-0.15, -0.1) is 0 Å². The smallest absolute Gasteiger partial charge is 0.311 e. The summed E-state index contributed by atoms with van der Waals surface area (Å²) in [6.45, 7) is 0. The molecule has 1 atom stereocenters. The van der Waals surface area contributed by atoms with Gasteiger partial charge in [0.05, 0.1) is 11.6 Å². The van der Waals surface area contributed by atoms with E-state index in [0.29, 0.717) is 6.07 Å². The van der Waals surface area contributed by atoms with Gasteiger partial charge in [-0.3, -0.25) is 9.59 Å². The SMILES string of the molecule is O=C1C[C@H](C(=O)O)c2cc(F)cc(F)c2N1. The molecule has 1 aliphatic heterocycles. The summed E-state index contributed by atoms with van der Waals surface area (Å²) in [6, 6.07) is 1.53. The number of fused-ring (bicyclic) bond motifs is 1. The zero-order valence-corrected chi connectivity index (χ0v) is 7.96. The first-order chi connectivity index (χ1) is 7.49. The number of carboxylic acids is 1. The summed E-state index contributed by atoms with van der Waals surface area (Å²) < 4.78 is 26.2. The van der Waals surface area contributed by atoms with Crippen LogP contribution in [0.15, 0.2) is 12.1 Å². The summed E-state index contributed by atoms with van der Waals surface area (Å²) in [5, 5.41) is 11.1. The molecule has 1 heterocycles. The van der Waals surface area contributed by atoms with Gasteiger partial charge in [-0.2, -0.15) is 0 Å². The number of anilines is 1. The lowest BCUT2D eigenvalue weighted by Crippen LogP contribution is -2.28. The Kier molecular flexibility index (Phi) is 2.34. The highest BCUT2D eigenvalue weighted by molar-refractivity contribution is 5.99. The van der Waals surface area contributed by atoms with Crippen LogP contribution in [0.1, 0.15) is 17.9 Å². The van der Waals surface area contributed by atoms with E-state index >= 15 is 0 Å². The molecule has 1 aromatic carbocycles. The fourth-order valence-electron chi connectivity index (χ4n) is 1.71. The molecule has 0 radical (unpaired) electrons. The Hall–Kier alpha value is -1.98. The van der Waals surface area contributed by atoms with Crippen molar-refractivity contribution < 1.29 is 23.5 Å². The second-order valence-electron chi connectivity index (χ2n) is 3.49. The fourth-order valence-corrected chi connectivity index (χ4v) is 1.71. The van der Waals surface area contributed by atoms with Crippen LogP contribution in [-0.2, 0) is 9.59 Å². The summed E-state index contributed by atoms with van der Waals surface area (Å²) in [6.07, 6.45) is -0.314. The third-order valence-corrected chi connectivity index (χ3v) is 2.41. The van der Waals surface area contributed by atoms with Crippen molar-refractivity contribution in [2.24, 2.45) is 0 Å². The Morgan fingerprint density at radius 2 is 2.12 bits per heavy atom. The highest BCUT2D eigenvalue weighted by atomic mass is 19.1. The molecule has 6 heteroatoms. The van der Waals surface area contributed by atoms with Gasteiger partial charge in [0.15, 0.2) is 0 Å². The minimum absolute atomic E-state index is 0.0374. The predicted octanol–water partition coefficient (Wildman–Crippen LogP) is 1.48. The molecule has 0 saturated carbocycles. The number of hydrogen-bond donors (Lipinski definition) is 2. The van der Waals surface area contributed by atoms with Gasteiger partial charge in [0.1, 0.15) is 11.6 Å². The van der Waals surface area contributed by atoms with E-state index in [-0.39, 0.29) is 17.7 Å². The lowest BCUT2D eigenvalue weighted by atomic mass is 9.90. The molecule has 0 aromatic heterocycles. The second-order valence-corrected chi connectivity index (χ2v) is 3.49. The van der Waals surface area contributed by atoms with E-state index in [2.05, 4.69) is 5.32 Å². The number of benzene rings is 1. The van der Waals surface area contributed by atoms with Crippen molar-refractivity contribution in [2.75, 3.05) is 5.32 Å². The van der Waals surface area contributed by atoms with E-state index in [4.69, 9.17) is 5.11 Å². The van der Waals surface area contributed by atoms with E-state index in [0.717, 1.165) is 6.07 Å². The highest BCUT2D eigenvalue weighted by Crippen LogP contribution is 2.34. The first kappa shape index (κ1) is 10.5. The van der Waals surface area contributed by atoms with Gasteiger partial charge in [0, 0.05) is 12.5 Å². The van der Waals surface area contributed by atoms with E-state index < -0.39 is 29.4 Å². The molecule has 0 aliphatic carbocycles. The molecule has 1 aliphatic rings. The molecule has 16 heavy (non-hydrogen) atoms. The number of carbonyl (C=O) groups is 2. The van der Waals surface area contributed by atoms with E-state index in [1.54, 1.807) is 0 Å². The minimum atomic E-state index is -1.28. The highest BCUT2D eigenvalue weighted by Gasteiger charge is 2.32. The van der Waals surface area contributed by atoms with Crippen molar-refractivity contribution in [2.45, 2.75) is 12.3 Å². The molecule has 1 aromatic rings. The van der Waals surface area contributed by atoms with Crippen molar-refractivity contribution >= 4 is 17.6 Å². The lowest BCUT2D eigenvalue weighted by molar-refractivity contribution is -0.140. The summed E-state index contributed by atoms with van der Waals surface area (Å²) in [5.41, 5.74) is -0.283. The Labute approximate surface area is 88.9 Å². The number of rotatable bonds is 1. The topological polar surface area (TPSA) is 66.4 Å². The molecular weight excluding hydrogens is 220 g/mol. The molecule has 84 valence electrons. The minimum Gasteiger partial charge on any atom is -0.481 e. The van der Waals surface area contributed by atoms with Gasteiger partial charge < -0.3 is 10.4 Å². The molecule has 1 amide bonds. The van der Waals surface area contributed by atoms with Crippen molar-refractivity contribution in [1.82, 2.24) is 0 Å². The van der Waals surface area contributed by atoms with Crippen LogP contribution in [0, 0.1) is 11.6 Å². The molecule has 2 rings (SSSR count). The number of carboxylic acid groups (broad SMARTS) is 1. The molecule has 2 N–H and O–H groups in total. The fraction of sp³-hybridized carbons (Fsp3) is 0.200. The Balaban J connectivity index is 2.61. The van der Waals surface area contributed by atoms with E-state index in [1.807, 2.05) is 0 Å². The summed E-state index contributed by atoms with van der Waals surface area (Å²) in [5.74, 6) is -4.89. The maximum atomic E-state index is 13.3. The van der Waals surface area contributed by atoms with Crippen LogP contribution < -0.4 is 5.32 Å². The van der Waals surface area contributed by atoms with Crippen molar-refractivity contribution in [1.29, 1.82) is 0 Å². The van der Waals surface area contributed by atoms with Gasteiger partial charge in [-0.25, -0.2) is 8.78 Å². The number of hydrogen-bond acceptors (Lipinski definition) is 2. The summed E-state index contributed by atoms with van der Waals surface area (Å²) in [7, 11) is 0. The normalized spacial score (nSPS) is 18.9. The van der Waals surface area contributed by atoms with Gasteiger partial charge >= 0.3 is 5.97 Å². The van der Waals surface area contributed by atoms with Crippen LogP contribution in [0.4, 0.5) is 14.5 Å². The quantitative estimate of drug-likeness (QED) is 0.763. The standard InChI is InChI=1S/C10H7F2NO3/c11-4-1-5-6(10(15)16)3-8(14)13-9(5)7(12)2-4/h1-2,6H,3H2,(H,13,14)(H,15,16)/t6-/m0/s1. The molecule has 0 saturated heterocycles. The zero-order valence-electron chi connectivity index (χ0n) is 7.96. The first-order valence-electron chi connectivity index (χ1n) is 4.50. The van der Waals surface area contributed by atoms with Gasteiger partial charge in [-0.05, 0) is 11.6 Å². The van der Waals surface area contributed by atoms with Crippen LogP contribution in [0.2, 0.25) is 0 Å². The molecule has 0 bridgehead atoms. The number of halogens is 2. The van der Waals surface area contributed by atoms with Crippen molar-refractivity contribution in [3.63, 3.8) is 0 Å². The molecule has 0 unspecified atom stereocenters. The monoisotopic (exact) mass is 227 g/mol. The van der Waals surface area contributed by atoms with Gasteiger partial charge in [0.2, 0.25) is 5.91 Å². The zero-order chi connectivity index (χ0) is 11.9. The number of carbonyl (C=O) groups excluding carboxylic acids is 1. The van der Waals surface area contributed by atoms with Gasteiger partial charge in [-0.1, -0.05) is 0 Å². The lowest BCUT2D eigenvalue weighted by Gasteiger charge is -2.22. The number of aliphatic carboxylic acids is 1. The van der Waals surface area contributed by atoms with E-state index in [9.17, 15) is 18.4 Å². The van der Waals surface area contributed by atoms with Crippen molar-refractivity contribution in [3.05, 3.63) is 29.3 Å². The average Bonchev–Trinajstić information content (AvgIpc) is 2.18. The van der Waals surface area contributed by atoms with Crippen LogP contribution in [0.3, 0.4) is 0 Å². The van der Waals surface area contributed by atoms with Gasteiger partial charge in [0.25, 0.3) is 0 Å². The third kappa shape index (κ3) is 1.62. The maximum absolute atomic E-state index is 13.3. The van der Waals surface area contributed by atoms with Crippen LogP contribution in [0.25, 0.3) is 0 Å². The first-order valence-corrected chi connectivity index (χ1v) is 4.50. The second kappa shape index (κ2) is 3.55. The Morgan fingerprint density at radius 1 is 1.44 bits per heavy atom. The molecular formula is C10H7F2NO3. The molecule has 0 spiro atoms. The number of amides is 1. The van der Waals surface area contributed by atoms with E-state index in [1.165, 1.54) is 0 Å². The summed E-state index contributed by atoms with van der Waals surface area (Å²) >= 11 is 0.